The van der Waals surface area contributed by atoms with Crippen molar-refractivity contribution >= 4 is 45.5 Å². The zero-order chi connectivity index (χ0) is 25.2. The zero-order valence-electron chi connectivity index (χ0n) is 19.0. The predicted molar refractivity (Wildman–Crippen MR) is 139 cm³/mol. The minimum absolute atomic E-state index is 0.00129. The molecule has 0 radical (unpaired) electrons. The third-order valence-corrected chi connectivity index (χ3v) is 6.45. The number of ether oxygens (including phenoxy) is 1. The van der Waals surface area contributed by atoms with Crippen molar-refractivity contribution in [2.45, 2.75) is 13.5 Å². The Labute approximate surface area is 210 Å². The Balaban J connectivity index is 1.32. The van der Waals surface area contributed by atoms with Crippen LogP contribution in [0.15, 0.2) is 88.5 Å². The average Bonchev–Trinajstić information content (AvgIpc) is 3.30. The van der Waals surface area contributed by atoms with E-state index in [1.165, 1.54) is 22.8 Å². The first-order chi connectivity index (χ1) is 17.4. The van der Waals surface area contributed by atoms with Gasteiger partial charge in [0.05, 0.1) is 16.1 Å². The summed E-state index contributed by atoms with van der Waals surface area (Å²) in [6.45, 7) is 2.04. The molecule has 0 aromatic heterocycles. The Morgan fingerprint density at radius 1 is 1.11 bits per heavy atom. The van der Waals surface area contributed by atoms with E-state index < -0.39 is 10.8 Å². The summed E-state index contributed by atoms with van der Waals surface area (Å²) in [7, 11) is 0. The van der Waals surface area contributed by atoms with Crippen LogP contribution in [0.25, 0.3) is 6.08 Å². The van der Waals surface area contributed by atoms with Crippen molar-refractivity contribution in [2.75, 3.05) is 0 Å². The van der Waals surface area contributed by atoms with E-state index >= 15 is 0 Å². The highest BCUT2D eigenvalue weighted by molar-refractivity contribution is 8.27. The fourth-order valence-electron chi connectivity index (χ4n) is 3.69. The molecule has 178 valence electrons. The summed E-state index contributed by atoms with van der Waals surface area (Å²) in [5.41, 5.74) is 3.26. The van der Waals surface area contributed by atoms with Crippen LogP contribution in [-0.2, 0) is 11.4 Å². The van der Waals surface area contributed by atoms with E-state index in [1.54, 1.807) is 48.5 Å². The van der Waals surface area contributed by atoms with E-state index in [2.05, 4.69) is 10.1 Å². The van der Waals surface area contributed by atoms with Gasteiger partial charge in [-0.1, -0.05) is 48.0 Å². The summed E-state index contributed by atoms with van der Waals surface area (Å²) in [4.78, 5) is 27.6. The number of carbonyl (C=O) groups is 1. The lowest BCUT2D eigenvalue weighted by Crippen LogP contribution is -2.35. The summed E-state index contributed by atoms with van der Waals surface area (Å²) in [6, 6.07) is 21.1. The Kier molecular flexibility index (Phi) is 6.17. The molecule has 0 aliphatic carbocycles. The highest BCUT2D eigenvalue weighted by atomic mass is 32.2. The van der Waals surface area contributed by atoms with Gasteiger partial charge in [0.25, 0.3) is 11.6 Å². The Morgan fingerprint density at radius 3 is 2.64 bits per heavy atom. The molecule has 0 saturated carbocycles. The zero-order valence-corrected chi connectivity index (χ0v) is 19.9. The van der Waals surface area contributed by atoms with Crippen LogP contribution < -0.4 is 4.74 Å². The molecule has 1 N–H and O–H groups in total. The maximum Gasteiger partial charge on any atom is 0.283 e. The summed E-state index contributed by atoms with van der Waals surface area (Å²) in [5, 5.41) is 26.7. The Morgan fingerprint density at radius 2 is 1.89 bits per heavy atom. The standard InChI is InChI=1S/C26H19N5O4S/c1-16-5-4-7-18(13-16)25-29-30-23(27)21(24(32)28-26(30)36-25)14-17-9-11-20(12-10-17)35-15-19-6-2-3-8-22(19)31(33)34/h2-14,27H,15H2,1H3/b21-14+,27-23?. The number of nitrogens with one attached hydrogen (secondary N) is 1. The summed E-state index contributed by atoms with van der Waals surface area (Å²) >= 11 is 1.26. The average molecular weight is 498 g/mol. The minimum atomic E-state index is -0.504. The van der Waals surface area contributed by atoms with E-state index in [0.29, 0.717) is 27.1 Å². The van der Waals surface area contributed by atoms with Crippen molar-refractivity contribution < 1.29 is 14.5 Å². The van der Waals surface area contributed by atoms with Gasteiger partial charge in [-0.2, -0.15) is 15.1 Å². The lowest BCUT2D eigenvalue weighted by molar-refractivity contribution is -0.385. The van der Waals surface area contributed by atoms with Crippen molar-refractivity contribution in [2.24, 2.45) is 10.1 Å². The summed E-state index contributed by atoms with van der Waals surface area (Å²) in [6.07, 6.45) is 1.58. The van der Waals surface area contributed by atoms with Crippen molar-refractivity contribution in [3.05, 3.63) is 111 Å². The minimum Gasteiger partial charge on any atom is -0.489 e. The number of nitro benzene ring substituents is 1. The van der Waals surface area contributed by atoms with Crippen molar-refractivity contribution in [3.63, 3.8) is 0 Å². The van der Waals surface area contributed by atoms with Crippen LogP contribution >= 0.6 is 11.8 Å². The largest absolute Gasteiger partial charge is 0.489 e. The maximum absolute atomic E-state index is 12.7. The molecule has 0 atom stereocenters. The van der Waals surface area contributed by atoms with Gasteiger partial charge in [0.1, 0.15) is 17.4 Å². The van der Waals surface area contributed by atoms with Crippen molar-refractivity contribution in [3.8, 4) is 5.75 Å². The van der Waals surface area contributed by atoms with Gasteiger partial charge in [-0.05, 0) is 54.6 Å². The van der Waals surface area contributed by atoms with Crippen LogP contribution in [0, 0.1) is 22.4 Å². The van der Waals surface area contributed by atoms with E-state index in [9.17, 15) is 14.9 Å². The molecular weight excluding hydrogens is 478 g/mol. The monoisotopic (exact) mass is 497 g/mol. The number of rotatable bonds is 6. The Bertz CT molecular complexity index is 1490. The molecule has 0 saturated heterocycles. The number of amidine groups is 2. The topological polar surface area (TPSA) is 121 Å². The molecule has 36 heavy (non-hydrogen) atoms. The number of carbonyl (C=O) groups excluding carboxylic acids is 1. The van der Waals surface area contributed by atoms with Crippen molar-refractivity contribution in [1.29, 1.82) is 5.41 Å². The number of nitro groups is 1. The normalized spacial score (nSPS) is 16.0. The summed E-state index contributed by atoms with van der Waals surface area (Å²) in [5.74, 6) is -0.0305. The van der Waals surface area contributed by atoms with E-state index in [1.807, 2.05) is 31.2 Å². The van der Waals surface area contributed by atoms with Gasteiger partial charge < -0.3 is 4.74 Å². The van der Waals surface area contributed by atoms with E-state index in [4.69, 9.17) is 10.1 Å². The molecule has 3 aromatic carbocycles. The van der Waals surface area contributed by atoms with Crippen LogP contribution in [0.4, 0.5) is 5.69 Å². The van der Waals surface area contributed by atoms with Gasteiger partial charge in [-0.3, -0.25) is 20.3 Å². The van der Waals surface area contributed by atoms with Crippen LogP contribution in [-0.4, -0.2) is 31.9 Å². The number of nitrogens with zero attached hydrogens (tertiary/aromatic N) is 4. The number of amides is 1. The molecule has 1 amide bonds. The van der Waals surface area contributed by atoms with Gasteiger partial charge >= 0.3 is 0 Å². The number of para-hydroxylation sites is 1. The third-order valence-electron chi connectivity index (χ3n) is 5.49. The molecule has 0 fully saturated rings. The van der Waals surface area contributed by atoms with Gasteiger partial charge in [-0.15, -0.1) is 0 Å². The molecule has 10 heteroatoms. The Hall–Kier alpha value is -4.57. The molecule has 5 rings (SSSR count). The maximum atomic E-state index is 12.7. The molecule has 0 bridgehead atoms. The molecule has 3 aromatic rings. The molecule has 9 nitrogen and oxygen atoms in total. The molecule has 2 heterocycles. The number of thioether (sulfide) groups is 1. The number of hydrogen-bond donors (Lipinski definition) is 1. The lowest BCUT2D eigenvalue weighted by atomic mass is 10.1. The molecule has 0 spiro atoms. The second-order valence-corrected chi connectivity index (χ2v) is 8.99. The van der Waals surface area contributed by atoms with Gasteiger partial charge in [0, 0.05) is 11.6 Å². The smallest absolute Gasteiger partial charge is 0.283 e. The van der Waals surface area contributed by atoms with Crippen LogP contribution in [0.3, 0.4) is 0 Å². The first-order valence-corrected chi connectivity index (χ1v) is 11.7. The van der Waals surface area contributed by atoms with Crippen LogP contribution in [0.2, 0.25) is 0 Å². The first kappa shape index (κ1) is 23.2. The summed E-state index contributed by atoms with van der Waals surface area (Å²) < 4.78 is 5.70. The lowest BCUT2D eigenvalue weighted by Gasteiger charge is -2.20. The fourth-order valence-corrected chi connectivity index (χ4v) is 4.57. The number of aliphatic imine (C=N–C) groups is 1. The quantitative estimate of drug-likeness (QED) is 0.286. The highest BCUT2D eigenvalue weighted by Gasteiger charge is 2.36. The SMILES string of the molecule is Cc1cccc(C2=NN3C(=N)/C(=C\c4ccc(OCc5ccccc5[N+](=O)[O-])cc4)C(=O)N=C3S2)c1. The number of benzene rings is 3. The fraction of sp³-hybridized carbons (Fsp3) is 0.0769. The van der Waals surface area contributed by atoms with Crippen molar-refractivity contribution in [1.82, 2.24) is 5.01 Å². The second kappa shape index (κ2) is 9.59. The van der Waals surface area contributed by atoms with Gasteiger partial charge in [0.15, 0.2) is 5.84 Å². The highest BCUT2D eigenvalue weighted by Crippen LogP contribution is 2.31. The third kappa shape index (κ3) is 4.66. The van der Waals surface area contributed by atoms with E-state index in [0.717, 1.165) is 11.1 Å². The predicted octanol–water partition coefficient (Wildman–Crippen LogP) is 5.15. The molecular formula is C26H19N5O4S. The first-order valence-electron chi connectivity index (χ1n) is 10.9. The molecule has 2 aliphatic heterocycles. The molecule has 2 aliphatic rings. The van der Waals surface area contributed by atoms with E-state index in [-0.39, 0.29) is 23.7 Å². The number of hydrogen-bond acceptors (Lipinski definition) is 7. The number of aryl methyl sites for hydroxylation is 1. The second-order valence-electron chi connectivity index (χ2n) is 8.04. The molecule has 0 unspecified atom stereocenters. The number of hydrazone groups is 1. The van der Waals surface area contributed by atoms with Gasteiger partial charge in [0.2, 0.25) is 5.17 Å². The number of fused-ring (bicyclic) bond motifs is 1. The van der Waals surface area contributed by atoms with Gasteiger partial charge in [-0.25, -0.2) is 0 Å². The van der Waals surface area contributed by atoms with Crippen LogP contribution in [0.1, 0.15) is 22.3 Å². The van der Waals surface area contributed by atoms with Crippen LogP contribution in [0.5, 0.6) is 5.75 Å².